The predicted molar refractivity (Wildman–Crippen MR) is 63.1 cm³/mol. The summed E-state index contributed by atoms with van der Waals surface area (Å²) in [5, 5.41) is 0. The first-order valence-electron chi connectivity index (χ1n) is 6.18. The van der Waals surface area contributed by atoms with E-state index in [2.05, 4.69) is 6.92 Å². The van der Waals surface area contributed by atoms with Crippen molar-refractivity contribution in [3.8, 4) is 0 Å². The molecule has 2 rings (SSSR count). The molecule has 2 heteroatoms. The quantitative estimate of drug-likeness (QED) is 0.671. The summed E-state index contributed by atoms with van der Waals surface area (Å²) in [5.74, 6) is -0.113. The van der Waals surface area contributed by atoms with Crippen LogP contribution in [0.2, 0.25) is 0 Å². The summed E-state index contributed by atoms with van der Waals surface area (Å²) in [6.45, 7) is 3.08. The Hall–Kier alpha value is -0.890. The first-order valence-corrected chi connectivity index (χ1v) is 6.18. The summed E-state index contributed by atoms with van der Waals surface area (Å²) in [5.41, 5.74) is 2.49. The lowest BCUT2D eigenvalue weighted by Crippen LogP contribution is -1.97. The van der Waals surface area contributed by atoms with Crippen molar-refractivity contribution in [3.05, 3.63) is 35.1 Å². The fourth-order valence-electron chi connectivity index (χ4n) is 2.10. The van der Waals surface area contributed by atoms with Gasteiger partial charge in [-0.15, -0.1) is 0 Å². The third-order valence-electron chi connectivity index (χ3n) is 3.06. The first kappa shape index (κ1) is 11.6. The molecule has 16 heavy (non-hydrogen) atoms. The van der Waals surface area contributed by atoms with Crippen LogP contribution in [0.3, 0.4) is 0 Å². The largest absolute Gasteiger partial charge is 0.373 e. The Labute approximate surface area is 96.6 Å². The molecule has 1 aliphatic heterocycles. The minimum Gasteiger partial charge on any atom is -0.373 e. The third-order valence-corrected chi connectivity index (χ3v) is 3.06. The van der Waals surface area contributed by atoms with Crippen LogP contribution in [0.15, 0.2) is 18.2 Å². The van der Waals surface area contributed by atoms with Gasteiger partial charge in [0.15, 0.2) is 0 Å². The molecule has 0 bridgehead atoms. The molecule has 88 valence electrons. The number of rotatable bonds is 6. The van der Waals surface area contributed by atoms with Crippen LogP contribution in [0, 0.1) is 5.82 Å². The van der Waals surface area contributed by atoms with Crippen molar-refractivity contribution < 1.29 is 9.13 Å². The lowest BCUT2D eigenvalue weighted by molar-refractivity contribution is 0.392. The lowest BCUT2D eigenvalue weighted by atomic mass is 9.98. The number of hydrogen-bond acceptors (Lipinski definition) is 1. The van der Waals surface area contributed by atoms with Crippen LogP contribution in [-0.2, 0) is 17.6 Å². The second-order valence-electron chi connectivity index (χ2n) is 4.51. The molecule has 1 atom stereocenters. The maximum atomic E-state index is 13.2. The highest BCUT2D eigenvalue weighted by atomic mass is 19.1. The molecule has 1 unspecified atom stereocenters. The normalized spacial score (nSPS) is 18.8. The molecule has 0 radical (unpaired) electrons. The summed E-state index contributed by atoms with van der Waals surface area (Å²) in [4.78, 5) is 0. The van der Waals surface area contributed by atoms with Crippen LogP contribution in [0.1, 0.15) is 37.3 Å². The van der Waals surface area contributed by atoms with Crippen LogP contribution in [-0.4, -0.2) is 12.7 Å². The van der Waals surface area contributed by atoms with E-state index in [1.807, 2.05) is 6.07 Å². The Morgan fingerprint density at radius 3 is 2.81 bits per heavy atom. The van der Waals surface area contributed by atoms with E-state index in [9.17, 15) is 4.39 Å². The van der Waals surface area contributed by atoms with Crippen LogP contribution >= 0.6 is 0 Å². The molecule has 0 aromatic heterocycles. The number of hydrogen-bond donors (Lipinski definition) is 0. The highest BCUT2D eigenvalue weighted by molar-refractivity contribution is 5.28. The molecule has 0 spiro atoms. The fourth-order valence-corrected chi connectivity index (χ4v) is 2.10. The van der Waals surface area contributed by atoms with Crippen molar-refractivity contribution >= 4 is 0 Å². The van der Waals surface area contributed by atoms with E-state index in [1.54, 1.807) is 12.1 Å². The zero-order valence-electron chi connectivity index (χ0n) is 9.84. The monoisotopic (exact) mass is 222 g/mol. The van der Waals surface area contributed by atoms with Crippen molar-refractivity contribution in [2.24, 2.45) is 0 Å². The van der Waals surface area contributed by atoms with Gasteiger partial charge in [-0.3, -0.25) is 0 Å². The Balaban J connectivity index is 1.94. The minimum absolute atomic E-state index is 0.113. The third kappa shape index (κ3) is 3.31. The average molecular weight is 222 g/mol. The molecule has 0 aliphatic carbocycles. The highest BCUT2D eigenvalue weighted by Gasteiger charge is 2.21. The van der Waals surface area contributed by atoms with Gasteiger partial charge < -0.3 is 4.74 Å². The van der Waals surface area contributed by atoms with Gasteiger partial charge in [-0.1, -0.05) is 19.4 Å². The highest BCUT2D eigenvalue weighted by Crippen LogP contribution is 2.20. The van der Waals surface area contributed by atoms with Crippen molar-refractivity contribution in [1.29, 1.82) is 0 Å². The fraction of sp³-hybridized carbons (Fsp3) is 0.571. The number of halogens is 1. The minimum atomic E-state index is -0.113. The van der Waals surface area contributed by atoms with Crippen molar-refractivity contribution in [2.75, 3.05) is 6.61 Å². The number of epoxide rings is 1. The van der Waals surface area contributed by atoms with Crippen LogP contribution in [0.4, 0.5) is 4.39 Å². The SMILES string of the molecule is CCCc1ccc(F)cc1CCCC1CO1. The van der Waals surface area contributed by atoms with E-state index in [1.165, 1.54) is 11.1 Å². The average Bonchev–Trinajstić information content (AvgIpc) is 3.06. The van der Waals surface area contributed by atoms with Crippen molar-refractivity contribution in [2.45, 2.75) is 45.1 Å². The van der Waals surface area contributed by atoms with E-state index < -0.39 is 0 Å². The summed E-state index contributed by atoms with van der Waals surface area (Å²) < 4.78 is 18.3. The molecule has 1 aliphatic rings. The maximum absolute atomic E-state index is 13.2. The molecule has 1 nitrogen and oxygen atoms in total. The molecule has 1 aromatic carbocycles. The molecule has 1 saturated heterocycles. The summed E-state index contributed by atoms with van der Waals surface area (Å²) in [7, 11) is 0. The van der Waals surface area contributed by atoms with Gasteiger partial charge in [-0.05, 0) is 48.9 Å². The van der Waals surface area contributed by atoms with Gasteiger partial charge in [0.05, 0.1) is 12.7 Å². The van der Waals surface area contributed by atoms with Gasteiger partial charge in [-0.2, -0.15) is 0 Å². The summed E-state index contributed by atoms with van der Waals surface area (Å²) in [6.07, 6.45) is 5.85. The van der Waals surface area contributed by atoms with Gasteiger partial charge in [0.2, 0.25) is 0 Å². The Morgan fingerprint density at radius 1 is 1.31 bits per heavy atom. The number of benzene rings is 1. The lowest BCUT2D eigenvalue weighted by Gasteiger charge is -2.08. The van der Waals surface area contributed by atoms with E-state index in [4.69, 9.17) is 4.74 Å². The standard InChI is InChI=1S/C14H19FO/c1-2-4-11-7-8-13(15)9-12(11)5-3-6-14-10-16-14/h7-9,14H,2-6,10H2,1H3. The molecule has 1 aromatic rings. The van der Waals surface area contributed by atoms with Crippen LogP contribution in [0.5, 0.6) is 0 Å². The second-order valence-corrected chi connectivity index (χ2v) is 4.51. The maximum Gasteiger partial charge on any atom is 0.123 e. The van der Waals surface area contributed by atoms with Gasteiger partial charge in [0.25, 0.3) is 0 Å². The molecule has 0 saturated carbocycles. The Bertz CT molecular complexity index is 345. The Morgan fingerprint density at radius 2 is 2.12 bits per heavy atom. The summed E-state index contributed by atoms with van der Waals surface area (Å²) >= 11 is 0. The van der Waals surface area contributed by atoms with Gasteiger partial charge in [0.1, 0.15) is 5.82 Å². The molecular weight excluding hydrogens is 203 g/mol. The topological polar surface area (TPSA) is 12.5 Å². The van der Waals surface area contributed by atoms with E-state index in [0.717, 1.165) is 38.7 Å². The van der Waals surface area contributed by atoms with Crippen LogP contribution in [0.25, 0.3) is 0 Å². The second kappa shape index (κ2) is 5.44. The predicted octanol–water partition coefficient (Wildman–Crippen LogP) is 3.50. The number of aryl methyl sites for hydroxylation is 2. The Kier molecular flexibility index (Phi) is 3.94. The van der Waals surface area contributed by atoms with Crippen LogP contribution < -0.4 is 0 Å². The summed E-state index contributed by atoms with van der Waals surface area (Å²) in [6, 6.07) is 5.19. The first-order chi connectivity index (χ1) is 7.79. The number of ether oxygens (including phenoxy) is 1. The molecular formula is C14H19FO. The zero-order chi connectivity index (χ0) is 11.4. The molecule has 1 fully saturated rings. The molecule has 0 amide bonds. The van der Waals surface area contributed by atoms with Gasteiger partial charge >= 0.3 is 0 Å². The van der Waals surface area contributed by atoms with Crippen molar-refractivity contribution in [3.63, 3.8) is 0 Å². The van der Waals surface area contributed by atoms with E-state index in [-0.39, 0.29) is 5.82 Å². The van der Waals surface area contributed by atoms with Crippen molar-refractivity contribution in [1.82, 2.24) is 0 Å². The molecule has 0 N–H and O–H groups in total. The van der Waals surface area contributed by atoms with Gasteiger partial charge in [0, 0.05) is 0 Å². The molecule has 1 heterocycles. The zero-order valence-corrected chi connectivity index (χ0v) is 9.84. The van der Waals surface area contributed by atoms with E-state index in [0.29, 0.717) is 6.10 Å². The smallest absolute Gasteiger partial charge is 0.123 e. The van der Waals surface area contributed by atoms with E-state index >= 15 is 0 Å². The van der Waals surface area contributed by atoms with Gasteiger partial charge in [-0.25, -0.2) is 4.39 Å².